The molecule has 0 fully saturated rings. The minimum absolute atomic E-state index is 0.465. The molecule has 3 heteroatoms. The van der Waals surface area contributed by atoms with Gasteiger partial charge >= 0.3 is 5.49 Å². The second kappa shape index (κ2) is 2.09. The number of nitrogens with one attached hydrogen (secondary N) is 1. The highest BCUT2D eigenvalue weighted by atomic mass is 14.9. The zero-order chi connectivity index (χ0) is 5.82. The zero-order valence-electron chi connectivity index (χ0n) is 4.20. The van der Waals surface area contributed by atoms with Crippen molar-refractivity contribution in [3.05, 3.63) is 35.4 Å². The first kappa shape index (κ1) is 4.81. The van der Waals surface area contributed by atoms with Crippen LogP contribution in [0.4, 0.5) is 0 Å². The van der Waals surface area contributed by atoms with Crippen LogP contribution in [0.2, 0.25) is 0 Å². The van der Waals surface area contributed by atoms with Crippen LogP contribution in [0.3, 0.4) is 0 Å². The summed E-state index contributed by atoms with van der Waals surface area (Å²) in [7, 11) is 0. The number of aromatic amines is 1. The number of hydrogen-bond donors (Lipinski definition) is 1. The Hall–Kier alpha value is -1.34. The fourth-order valence-corrected chi connectivity index (χ4v) is 0.446. The second-order valence-corrected chi connectivity index (χ2v) is 1.35. The van der Waals surface area contributed by atoms with Gasteiger partial charge < -0.3 is 10.3 Å². The number of nitrogens with zero attached hydrogens (tertiary/aromatic N) is 2. The topological polar surface area (TPSA) is 52.2 Å². The molecule has 1 N–H and O–H groups in total. The van der Waals surface area contributed by atoms with E-state index < -0.39 is 0 Å². The van der Waals surface area contributed by atoms with Crippen LogP contribution in [0.1, 0.15) is 0 Å². The molecule has 0 aliphatic rings. The van der Waals surface area contributed by atoms with Gasteiger partial charge in [-0.15, -0.1) is 0 Å². The summed E-state index contributed by atoms with van der Waals surface area (Å²) in [6, 6.07) is 5.26. The van der Waals surface area contributed by atoms with E-state index in [-0.39, 0.29) is 0 Å². The Morgan fingerprint density at radius 2 is 2.38 bits per heavy atom. The van der Waals surface area contributed by atoms with Crippen LogP contribution in [0.15, 0.2) is 24.4 Å². The summed E-state index contributed by atoms with van der Waals surface area (Å²) >= 11 is 0. The molecule has 0 aliphatic heterocycles. The van der Waals surface area contributed by atoms with E-state index in [0.29, 0.717) is 5.49 Å². The van der Waals surface area contributed by atoms with E-state index in [1.165, 1.54) is 0 Å². The first-order valence-electron chi connectivity index (χ1n) is 2.25. The molecule has 1 aromatic rings. The molecule has 0 saturated carbocycles. The molecule has 0 radical (unpaired) electrons. The van der Waals surface area contributed by atoms with Gasteiger partial charge in [0.05, 0.1) is 6.20 Å². The molecule has 0 spiro atoms. The smallest absolute Gasteiger partial charge is 0.356 e. The lowest BCUT2D eigenvalue weighted by atomic mass is 10.5. The first-order valence-corrected chi connectivity index (χ1v) is 2.25. The molecular weight excluding hydrogens is 102 g/mol. The van der Waals surface area contributed by atoms with E-state index in [9.17, 15) is 0 Å². The minimum atomic E-state index is 0.465. The maximum absolute atomic E-state index is 8.13. The molecule has 0 unspecified atom stereocenters. The molecule has 0 bridgehead atoms. The fraction of sp³-hybridized carbons (Fsp3) is 0. The van der Waals surface area contributed by atoms with Gasteiger partial charge in [-0.1, -0.05) is 0 Å². The molecular formula is C5H5N3. The highest BCUT2D eigenvalue weighted by molar-refractivity contribution is 4.87. The summed E-state index contributed by atoms with van der Waals surface area (Å²) in [6.07, 6.45) is 1.69. The van der Waals surface area contributed by atoms with Crippen molar-refractivity contribution in [1.29, 1.82) is 0 Å². The van der Waals surface area contributed by atoms with Crippen LogP contribution < -0.4 is 5.49 Å². The second-order valence-electron chi connectivity index (χ2n) is 1.35. The van der Waals surface area contributed by atoms with Crippen LogP contribution in [0.5, 0.6) is 0 Å². The van der Waals surface area contributed by atoms with Gasteiger partial charge in [0.25, 0.3) is 0 Å². The van der Waals surface area contributed by atoms with Gasteiger partial charge in [0.1, 0.15) is 0 Å². The van der Waals surface area contributed by atoms with Crippen molar-refractivity contribution in [1.82, 2.24) is 4.98 Å². The first-order chi connectivity index (χ1) is 3.93. The molecule has 0 saturated heterocycles. The molecule has 1 heterocycles. The van der Waals surface area contributed by atoms with Crippen LogP contribution in [0.25, 0.3) is 5.53 Å². The van der Waals surface area contributed by atoms with Gasteiger partial charge in [-0.2, -0.15) is 0 Å². The van der Waals surface area contributed by atoms with Crippen LogP contribution in [-0.2, 0) is 0 Å². The number of H-pyrrole nitrogens is 1. The largest absolute Gasteiger partial charge is 0.497 e. The lowest BCUT2D eigenvalue weighted by Gasteiger charge is -1.70. The molecule has 3 nitrogen and oxygen atoms in total. The lowest BCUT2D eigenvalue weighted by molar-refractivity contribution is -0.0719. The highest BCUT2D eigenvalue weighted by Crippen LogP contribution is 1.66. The Labute approximate surface area is 46.2 Å². The van der Waals surface area contributed by atoms with Crippen LogP contribution in [-0.4, -0.2) is 9.77 Å². The Morgan fingerprint density at radius 3 is 2.75 bits per heavy atom. The van der Waals surface area contributed by atoms with E-state index in [1.807, 2.05) is 6.07 Å². The SMILES string of the molecule is [N-]=[N+]=c1cccc[nH]1. The molecule has 40 valence electrons. The summed E-state index contributed by atoms with van der Waals surface area (Å²) in [6.45, 7) is 0. The van der Waals surface area contributed by atoms with E-state index in [2.05, 4.69) is 9.77 Å². The Balaban J connectivity index is 3.41. The average molecular weight is 107 g/mol. The van der Waals surface area contributed by atoms with Crippen molar-refractivity contribution in [3.8, 4) is 0 Å². The number of hydrogen-bond acceptors (Lipinski definition) is 0. The molecule has 0 amide bonds. The highest BCUT2D eigenvalue weighted by Gasteiger charge is 1.76. The maximum Gasteiger partial charge on any atom is 0.356 e. The molecule has 8 heavy (non-hydrogen) atoms. The monoisotopic (exact) mass is 107 g/mol. The van der Waals surface area contributed by atoms with E-state index in [1.54, 1.807) is 18.3 Å². The van der Waals surface area contributed by atoms with Gasteiger partial charge in [-0.25, -0.2) is 4.98 Å². The lowest BCUT2D eigenvalue weighted by Crippen LogP contribution is -2.04. The van der Waals surface area contributed by atoms with Crippen molar-refractivity contribution >= 4 is 0 Å². The van der Waals surface area contributed by atoms with Gasteiger partial charge in [0.2, 0.25) is 0 Å². The Morgan fingerprint density at radius 1 is 1.50 bits per heavy atom. The molecule has 0 atom stereocenters. The molecule has 0 aliphatic carbocycles. The van der Waals surface area contributed by atoms with Crippen molar-refractivity contribution in [2.75, 3.05) is 0 Å². The van der Waals surface area contributed by atoms with Crippen molar-refractivity contribution in [3.63, 3.8) is 0 Å². The maximum atomic E-state index is 8.13. The number of aromatic nitrogens is 1. The van der Waals surface area contributed by atoms with E-state index >= 15 is 0 Å². The zero-order valence-corrected chi connectivity index (χ0v) is 4.20. The summed E-state index contributed by atoms with van der Waals surface area (Å²) in [5.41, 5.74) is 8.60. The van der Waals surface area contributed by atoms with Crippen molar-refractivity contribution in [2.45, 2.75) is 0 Å². The standard InChI is InChI=1S/C5H5N3/c6-8-5-3-1-2-4-7-5/h1-4,7H. The third kappa shape index (κ3) is 0.832. The van der Waals surface area contributed by atoms with Crippen LogP contribution >= 0.6 is 0 Å². The Bertz CT molecular complexity index is 226. The minimum Gasteiger partial charge on any atom is -0.497 e. The third-order valence-electron chi connectivity index (χ3n) is 0.800. The predicted molar refractivity (Wildman–Crippen MR) is 27.5 cm³/mol. The van der Waals surface area contributed by atoms with Gasteiger partial charge in [-0.05, 0) is 12.1 Å². The number of pyridine rings is 1. The van der Waals surface area contributed by atoms with Gasteiger partial charge in [0.15, 0.2) is 0 Å². The van der Waals surface area contributed by atoms with E-state index in [4.69, 9.17) is 5.53 Å². The molecule has 1 aromatic heterocycles. The normalized spacial score (nSPS) is 8.00. The summed E-state index contributed by atoms with van der Waals surface area (Å²) in [4.78, 5) is 5.62. The van der Waals surface area contributed by atoms with E-state index in [0.717, 1.165) is 0 Å². The number of rotatable bonds is 0. The van der Waals surface area contributed by atoms with Crippen molar-refractivity contribution < 1.29 is 4.79 Å². The average Bonchev–Trinajstić information content (AvgIpc) is 1.90. The van der Waals surface area contributed by atoms with Gasteiger partial charge in [0, 0.05) is 6.07 Å². The summed E-state index contributed by atoms with van der Waals surface area (Å²) in [5.74, 6) is 0. The molecule has 1 rings (SSSR count). The third-order valence-corrected chi connectivity index (χ3v) is 0.800. The molecule has 0 aromatic carbocycles. The quantitative estimate of drug-likeness (QED) is 0.362. The summed E-state index contributed by atoms with van der Waals surface area (Å²) in [5, 5.41) is 0. The fourth-order valence-electron chi connectivity index (χ4n) is 0.446. The van der Waals surface area contributed by atoms with Crippen molar-refractivity contribution in [2.24, 2.45) is 0 Å². The summed E-state index contributed by atoms with van der Waals surface area (Å²) < 4.78 is 0. The Kier molecular flexibility index (Phi) is 1.26. The van der Waals surface area contributed by atoms with Gasteiger partial charge in [-0.3, -0.25) is 0 Å². The predicted octanol–water partition coefficient (Wildman–Crippen LogP) is 0.145. The van der Waals surface area contributed by atoms with Crippen LogP contribution in [0, 0.1) is 0 Å².